The van der Waals surface area contributed by atoms with E-state index in [1.807, 2.05) is 24.9 Å². The highest BCUT2D eigenvalue weighted by atomic mass is 16.2. The fourth-order valence-electron chi connectivity index (χ4n) is 5.81. The summed E-state index contributed by atoms with van der Waals surface area (Å²) in [5.74, 6) is 1.43. The van der Waals surface area contributed by atoms with Crippen molar-refractivity contribution in [2.24, 2.45) is 5.92 Å². The zero-order valence-corrected chi connectivity index (χ0v) is 21.8. The van der Waals surface area contributed by atoms with E-state index in [4.69, 9.17) is 4.98 Å². The van der Waals surface area contributed by atoms with E-state index in [0.29, 0.717) is 5.91 Å². The number of pyridine rings is 2. The number of anilines is 1. The number of benzene rings is 1. The van der Waals surface area contributed by atoms with Crippen LogP contribution in [0.3, 0.4) is 0 Å². The third-order valence-corrected chi connectivity index (χ3v) is 7.83. The van der Waals surface area contributed by atoms with Crippen LogP contribution in [0.25, 0.3) is 33.3 Å². The second-order valence-electron chi connectivity index (χ2n) is 10.4. The maximum atomic E-state index is 12.7. The lowest BCUT2D eigenvalue weighted by Crippen LogP contribution is -2.50. The van der Waals surface area contributed by atoms with Crippen LogP contribution in [0.15, 0.2) is 48.7 Å². The third-order valence-electron chi connectivity index (χ3n) is 7.83. The summed E-state index contributed by atoms with van der Waals surface area (Å²) in [6, 6.07) is 15.1. The van der Waals surface area contributed by atoms with Gasteiger partial charge in [-0.25, -0.2) is 4.98 Å². The van der Waals surface area contributed by atoms with Gasteiger partial charge in [0.1, 0.15) is 5.82 Å². The highest BCUT2D eigenvalue weighted by molar-refractivity contribution is 5.93. The van der Waals surface area contributed by atoms with Gasteiger partial charge < -0.3 is 20.1 Å². The summed E-state index contributed by atoms with van der Waals surface area (Å²) in [6.45, 7) is 11.2. The molecule has 7 nitrogen and oxygen atoms in total. The Labute approximate surface area is 217 Å². The SMILES string of the molecule is Cc1cc(-c2[nH]c3cc(-c4ccc(N5CCN(C(=O)[C@@H]6CCNC6)CC5)nc4)ccc3c2C)cc(C)n1. The maximum Gasteiger partial charge on any atom is 0.227 e. The van der Waals surface area contributed by atoms with Crippen LogP contribution in [0.4, 0.5) is 5.82 Å². The number of fused-ring (bicyclic) bond motifs is 1. The van der Waals surface area contributed by atoms with E-state index in [9.17, 15) is 4.79 Å². The van der Waals surface area contributed by atoms with Crippen LogP contribution in [-0.2, 0) is 4.79 Å². The summed E-state index contributed by atoms with van der Waals surface area (Å²) in [7, 11) is 0. The summed E-state index contributed by atoms with van der Waals surface area (Å²) in [5, 5.41) is 4.53. The van der Waals surface area contributed by atoms with Crippen molar-refractivity contribution in [3.8, 4) is 22.4 Å². The molecule has 2 saturated heterocycles. The lowest BCUT2D eigenvalue weighted by atomic mass is 10.0. The van der Waals surface area contributed by atoms with E-state index >= 15 is 0 Å². The Hall–Kier alpha value is -3.71. The number of rotatable bonds is 4. The first-order valence-corrected chi connectivity index (χ1v) is 13.2. The van der Waals surface area contributed by atoms with Crippen LogP contribution in [0.2, 0.25) is 0 Å². The van der Waals surface area contributed by atoms with Crippen molar-refractivity contribution < 1.29 is 4.79 Å². The van der Waals surface area contributed by atoms with Gasteiger partial charge in [-0.2, -0.15) is 0 Å². The van der Waals surface area contributed by atoms with Crippen LogP contribution < -0.4 is 10.2 Å². The number of aromatic nitrogens is 3. The van der Waals surface area contributed by atoms with Gasteiger partial charge in [-0.3, -0.25) is 9.78 Å². The lowest BCUT2D eigenvalue weighted by Gasteiger charge is -2.36. The Morgan fingerprint density at radius 3 is 2.35 bits per heavy atom. The largest absolute Gasteiger partial charge is 0.354 e. The van der Waals surface area contributed by atoms with Gasteiger partial charge in [0.05, 0.1) is 5.92 Å². The smallest absolute Gasteiger partial charge is 0.227 e. The highest BCUT2D eigenvalue weighted by Crippen LogP contribution is 2.33. The van der Waals surface area contributed by atoms with Crippen molar-refractivity contribution in [2.45, 2.75) is 27.2 Å². The first-order chi connectivity index (χ1) is 18.0. The summed E-state index contributed by atoms with van der Waals surface area (Å²) >= 11 is 0. The molecule has 1 aromatic carbocycles. The predicted octanol–water partition coefficient (Wildman–Crippen LogP) is 4.48. The van der Waals surface area contributed by atoms with Crippen LogP contribution in [0.1, 0.15) is 23.4 Å². The minimum absolute atomic E-state index is 0.152. The summed E-state index contributed by atoms with van der Waals surface area (Å²) < 4.78 is 0. The van der Waals surface area contributed by atoms with Gasteiger partial charge in [-0.1, -0.05) is 12.1 Å². The number of nitrogens with zero attached hydrogens (tertiary/aromatic N) is 4. The summed E-state index contributed by atoms with van der Waals surface area (Å²) in [5.41, 5.74) is 8.99. The molecule has 2 aliphatic heterocycles. The van der Waals surface area contributed by atoms with Crippen molar-refractivity contribution in [1.82, 2.24) is 25.2 Å². The minimum atomic E-state index is 0.152. The fourth-order valence-corrected chi connectivity index (χ4v) is 5.81. The molecule has 0 aliphatic carbocycles. The number of nitrogens with one attached hydrogen (secondary N) is 2. The van der Waals surface area contributed by atoms with Crippen molar-refractivity contribution >= 4 is 22.6 Å². The zero-order valence-electron chi connectivity index (χ0n) is 21.8. The standard InChI is InChI=1S/C30H34N6O/c1-19-14-25(15-20(2)33-19)29-21(3)26-6-4-22(16-27(26)34-29)23-5-7-28(32-18-23)35-10-12-36(13-11-35)30(37)24-8-9-31-17-24/h4-7,14-16,18,24,31,34H,8-13,17H2,1-3H3/t24-/m1/s1. The van der Waals surface area contributed by atoms with Gasteiger partial charge in [-0.05, 0) is 75.2 Å². The molecule has 7 heteroatoms. The molecule has 2 N–H and O–H groups in total. The number of aryl methyl sites for hydroxylation is 3. The molecule has 1 amide bonds. The molecule has 0 spiro atoms. The number of hydrogen-bond donors (Lipinski definition) is 2. The van der Waals surface area contributed by atoms with E-state index in [-0.39, 0.29) is 5.92 Å². The number of hydrogen-bond acceptors (Lipinski definition) is 5. The zero-order chi connectivity index (χ0) is 25.5. The second-order valence-corrected chi connectivity index (χ2v) is 10.4. The Morgan fingerprint density at radius 1 is 0.919 bits per heavy atom. The van der Waals surface area contributed by atoms with E-state index in [1.54, 1.807) is 0 Å². The third kappa shape index (κ3) is 4.60. The number of H-pyrrole nitrogens is 1. The van der Waals surface area contributed by atoms with Crippen LogP contribution in [0, 0.1) is 26.7 Å². The van der Waals surface area contributed by atoms with Crippen molar-refractivity contribution in [3.63, 3.8) is 0 Å². The van der Waals surface area contributed by atoms with Crippen LogP contribution >= 0.6 is 0 Å². The number of amides is 1. The molecule has 37 heavy (non-hydrogen) atoms. The molecule has 0 bridgehead atoms. The highest BCUT2D eigenvalue weighted by Gasteiger charge is 2.29. The molecule has 2 fully saturated rings. The maximum absolute atomic E-state index is 12.7. The molecule has 0 unspecified atom stereocenters. The van der Waals surface area contributed by atoms with Crippen molar-refractivity contribution in [2.75, 3.05) is 44.2 Å². The van der Waals surface area contributed by atoms with Crippen LogP contribution in [-0.4, -0.2) is 65.0 Å². The average Bonchev–Trinajstić information content (AvgIpc) is 3.56. The molecule has 0 saturated carbocycles. The summed E-state index contributed by atoms with van der Waals surface area (Å²) in [6.07, 6.45) is 2.92. The van der Waals surface area contributed by atoms with Crippen LogP contribution in [0.5, 0.6) is 0 Å². The number of piperazine rings is 1. The molecule has 3 aromatic heterocycles. The Balaban J connectivity index is 1.18. The van der Waals surface area contributed by atoms with E-state index in [2.05, 4.69) is 69.6 Å². The Kier molecular flexibility index (Phi) is 6.16. The van der Waals surface area contributed by atoms with E-state index < -0.39 is 0 Å². The molecule has 6 rings (SSSR count). The molecule has 2 aliphatic rings. The molecule has 190 valence electrons. The van der Waals surface area contributed by atoms with E-state index in [0.717, 1.165) is 85.2 Å². The summed E-state index contributed by atoms with van der Waals surface area (Å²) in [4.78, 5) is 30.0. The van der Waals surface area contributed by atoms with Gasteiger partial charge in [-0.15, -0.1) is 0 Å². The van der Waals surface area contributed by atoms with Crippen molar-refractivity contribution in [1.29, 1.82) is 0 Å². The Morgan fingerprint density at radius 2 is 1.68 bits per heavy atom. The van der Waals surface area contributed by atoms with Gasteiger partial charge >= 0.3 is 0 Å². The first kappa shape index (κ1) is 23.7. The van der Waals surface area contributed by atoms with Gasteiger partial charge in [0.15, 0.2) is 0 Å². The second kappa shape index (κ2) is 9.63. The predicted molar refractivity (Wildman–Crippen MR) is 149 cm³/mol. The minimum Gasteiger partial charge on any atom is -0.354 e. The molecular formula is C30H34N6O. The molecule has 0 radical (unpaired) electrons. The number of aromatic amines is 1. The normalized spacial score (nSPS) is 18.1. The number of carbonyl (C=O) groups is 1. The molecular weight excluding hydrogens is 460 g/mol. The van der Waals surface area contributed by atoms with Crippen molar-refractivity contribution in [3.05, 3.63) is 65.6 Å². The quantitative estimate of drug-likeness (QED) is 0.438. The van der Waals surface area contributed by atoms with Gasteiger partial charge in [0.25, 0.3) is 0 Å². The fraction of sp³-hybridized carbons (Fsp3) is 0.367. The molecule has 1 atom stereocenters. The lowest BCUT2D eigenvalue weighted by molar-refractivity contribution is -0.135. The Bertz CT molecular complexity index is 1420. The van der Waals surface area contributed by atoms with Gasteiger partial charge in [0.2, 0.25) is 5.91 Å². The molecule has 4 aromatic rings. The van der Waals surface area contributed by atoms with E-state index in [1.165, 1.54) is 16.5 Å². The van der Waals surface area contributed by atoms with Gasteiger partial charge in [0, 0.05) is 78.0 Å². The first-order valence-electron chi connectivity index (χ1n) is 13.2. The number of carbonyl (C=O) groups excluding carboxylic acids is 1. The monoisotopic (exact) mass is 494 g/mol. The molecule has 5 heterocycles. The average molecular weight is 495 g/mol. The topological polar surface area (TPSA) is 77.2 Å².